The van der Waals surface area contributed by atoms with Gasteiger partial charge >= 0.3 is 0 Å². The summed E-state index contributed by atoms with van der Waals surface area (Å²) in [6, 6.07) is 0.640. The highest BCUT2D eigenvalue weighted by Gasteiger charge is 2.01. The quantitative estimate of drug-likeness (QED) is 0.698. The first kappa shape index (κ1) is 13.0. The van der Waals surface area contributed by atoms with Gasteiger partial charge in [0.05, 0.1) is 0 Å². The lowest BCUT2D eigenvalue weighted by Gasteiger charge is -2.20. The Kier molecular flexibility index (Phi) is 5.32. The minimum Gasteiger partial charge on any atom is -0.356 e. The highest BCUT2D eigenvalue weighted by atomic mass is 15.1. The van der Waals surface area contributed by atoms with Gasteiger partial charge in [0.15, 0.2) is 5.95 Å². The van der Waals surface area contributed by atoms with E-state index in [0.717, 1.165) is 24.7 Å². The summed E-state index contributed by atoms with van der Waals surface area (Å²) < 4.78 is 0. The van der Waals surface area contributed by atoms with Gasteiger partial charge in [-0.25, -0.2) is 4.98 Å². The number of hydrogen-bond donors (Lipinski definition) is 2. The Morgan fingerprint density at radius 2 is 2.19 bits per heavy atom. The summed E-state index contributed by atoms with van der Waals surface area (Å²) in [5.41, 5.74) is 1.10. The van der Waals surface area contributed by atoms with Gasteiger partial charge in [0.2, 0.25) is 0 Å². The maximum atomic E-state index is 4.20. The number of anilines is 1. The van der Waals surface area contributed by atoms with Crippen molar-refractivity contribution >= 4 is 5.95 Å². The SMILES string of the molecule is Cc1cnc(NCCCCN(C)C(C)C)[nH]1. The molecule has 1 heterocycles. The van der Waals surface area contributed by atoms with Gasteiger partial charge in [0.1, 0.15) is 0 Å². The van der Waals surface area contributed by atoms with E-state index in [4.69, 9.17) is 0 Å². The summed E-state index contributed by atoms with van der Waals surface area (Å²) >= 11 is 0. The van der Waals surface area contributed by atoms with Gasteiger partial charge in [0.25, 0.3) is 0 Å². The van der Waals surface area contributed by atoms with Gasteiger partial charge in [0, 0.05) is 24.5 Å². The van der Waals surface area contributed by atoms with Crippen LogP contribution in [0.15, 0.2) is 6.20 Å². The summed E-state index contributed by atoms with van der Waals surface area (Å²) in [7, 11) is 2.17. The molecule has 0 fully saturated rings. The third-order valence-electron chi connectivity index (χ3n) is 2.81. The molecule has 0 bridgehead atoms. The number of hydrogen-bond acceptors (Lipinski definition) is 3. The summed E-state index contributed by atoms with van der Waals surface area (Å²) in [4.78, 5) is 9.73. The Morgan fingerprint density at radius 1 is 1.44 bits per heavy atom. The molecule has 0 aliphatic rings. The smallest absolute Gasteiger partial charge is 0.200 e. The van der Waals surface area contributed by atoms with E-state index in [1.165, 1.54) is 12.8 Å². The standard InChI is InChI=1S/C12H24N4/c1-10(2)16(4)8-6-5-7-13-12-14-9-11(3)15-12/h9-10H,5-8H2,1-4H3,(H2,13,14,15). The number of nitrogens with zero attached hydrogens (tertiary/aromatic N) is 2. The van der Waals surface area contributed by atoms with Crippen molar-refractivity contribution in [3.05, 3.63) is 11.9 Å². The van der Waals surface area contributed by atoms with Crippen molar-refractivity contribution in [2.24, 2.45) is 0 Å². The van der Waals surface area contributed by atoms with Gasteiger partial charge < -0.3 is 15.2 Å². The predicted molar refractivity (Wildman–Crippen MR) is 68.8 cm³/mol. The second-order valence-corrected chi connectivity index (χ2v) is 4.62. The lowest BCUT2D eigenvalue weighted by Crippen LogP contribution is -2.27. The third kappa shape index (κ3) is 4.66. The monoisotopic (exact) mass is 224 g/mol. The molecule has 0 unspecified atom stereocenters. The molecule has 0 aliphatic heterocycles. The Labute approximate surface area is 98.5 Å². The van der Waals surface area contributed by atoms with Crippen LogP contribution in [0.1, 0.15) is 32.4 Å². The summed E-state index contributed by atoms with van der Waals surface area (Å²) in [5.74, 6) is 0.884. The zero-order valence-electron chi connectivity index (χ0n) is 10.9. The van der Waals surface area contributed by atoms with Crippen molar-refractivity contribution in [1.29, 1.82) is 0 Å². The number of rotatable bonds is 7. The van der Waals surface area contributed by atoms with Crippen LogP contribution < -0.4 is 5.32 Å². The molecule has 0 aromatic carbocycles. The number of aromatic nitrogens is 2. The molecule has 0 saturated heterocycles. The van der Waals surface area contributed by atoms with E-state index in [-0.39, 0.29) is 0 Å². The molecule has 16 heavy (non-hydrogen) atoms. The first-order chi connectivity index (χ1) is 7.59. The average Bonchev–Trinajstić information content (AvgIpc) is 2.63. The number of aromatic amines is 1. The summed E-state index contributed by atoms with van der Waals surface area (Å²) in [6.45, 7) is 8.61. The fourth-order valence-electron chi connectivity index (χ4n) is 1.45. The number of H-pyrrole nitrogens is 1. The second-order valence-electron chi connectivity index (χ2n) is 4.62. The van der Waals surface area contributed by atoms with Crippen LogP contribution in [0.3, 0.4) is 0 Å². The molecular formula is C12H24N4. The highest BCUT2D eigenvalue weighted by molar-refractivity contribution is 5.25. The number of nitrogens with one attached hydrogen (secondary N) is 2. The molecule has 0 aliphatic carbocycles. The van der Waals surface area contributed by atoms with Crippen molar-refractivity contribution in [1.82, 2.24) is 14.9 Å². The molecule has 0 radical (unpaired) electrons. The number of imidazole rings is 1. The van der Waals surface area contributed by atoms with Crippen molar-refractivity contribution in [3.63, 3.8) is 0 Å². The van der Waals surface area contributed by atoms with Crippen molar-refractivity contribution in [2.45, 2.75) is 39.7 Å². The average molecular weight is 224 g/mol. The molecule has 92 valence electrons. The first-order valence-electron chi connectivity index (χ1n) is 6.05. The van der Waals surface area contributed by atoms with Crippen LogP contribution in [-0.2, 0) is 0 Å². The van der Waals surface area contributed by atoms with Crippen LogP contribution in [0.5, 0.6) is 0 Å². The van der Waals surface area contributed by atoms with Gasteiger partial charge in [-0.3, -0.25) is 0 Å². The molecule has 0 amide bonds. The van der Waals surface area contributed by atoms with Crippen molar-refractivity contribution < 1.29 is 0 Å². The molecule has 1 aromatic rings. The first-order valence-corrected chi connectivity index (χ1v) is 6.05. The zero-order valence-corrected chi connectivity index (χ0v) is 10.9. The summed E-state index contributed by atoms with van der Waals surface area (Å²) in [5, 5.41) is 3.28. The van der Waals surface area contributed by atoms with E-state index in [1.54, 1.807) is 0 Å². The Bertz CT molecular complexity index is 293. The van der Waals surface area contributed by atoms with Crippen molar-refractivity contribution in [3.8, 4) is 0 Å². The van der Waals surface area contributed by atoms with Crippen LogP contribution >= 0.6 is 0 Å². The molecule has 0 saturated carbocycles. The highest BCUT2D eigenvalue weighted by Crippen LogP contribution is 2.02. The van der Waals surface area contributed by atoms with E-state index < -0.39 is 0 Å². The van der Waals surface area contributed by atoms with Crippen LogP contribution in [0.2, 0.25) is 0 Å². The number of aryl methyl sites for hydroxylation is 1. The van der Waals surface area contributed by atoms with Crippen molar-refractivity contribution in [2.75, 3.05) is 25.5 Å². The molecule has 2 N–H and O–H groups in total. The minimum atomic E-state index is 0.640. The van der Waals surface area contributed by atoms with E-state index in [1.807, 2.05) is 13.1 Å². The van der Waals surface area contributed by atoms with E-state index in [9.17, 15) is 0 Å². The van der Waals surface area contributed by atoms with Crippen LogP contribution in [0.25, 0.3) is 0 Å². The van der Waals surface area contributed by atoms with E-state index in [2.05, 4.69) is 41.1 Å². The fraction of sp³-hybridized carbons (Fsp3) is 0.750. The largest absolute Gasteiger partial charge is 0.356 e. The molecule has 1 aromatic heterocycles. The summed E-state index contributed by atoms with van der Waals surface area (Å²) in [6.07, 6.45) is 4.24. The Balaban J connectivity index is 2.04. The lowest BCUT2D eigenvalue weighted by molar-refractivity contribution is 0.269. The van der Waals surface area contributed by atoms with Crippen LogP contribution in [-0.4, -0.2) is 41.0 Å². The molecule has 0 atom stereocenters. The predicted octanol–water partition coefficient (Wildman–Crippen LogP) is 2.25. The number of unbranched alkanes of at least 4 members (excludes halogenated alkanes) is 1. The van der Waals surface area contributed by atoms with Crippen LogP contribution in [0.4, 0.5) is 5.95 Å². The lowest BCUT2D eigenvalue weighted by atomic mass is 10.2. The van der Waals surface area contributed by atoms with Crippen LogP contribution in [0, 0.1) is 6.92 Å². The van der Waals surface area contributed by atoms with E-state index in [0.29, 0.717) is 6.04 Å². The van der Waals surface area contributed by atoms with Gasteiger partial charge in [-0.2, -0.15) is 0 Å². The van der Waals surface area contributed by atoms with Gasteiger partial charge in [-0.05, 0) is 47.2 Å². The third-order valence-corrected chi connectivity index (χ3v) is 2.81. The molecule has 4 nitrogen and oxygen atoms in total. The molecular weight excluding hydrogens is 200 g/mol. The normalized spacial score (nSPS) is 11.4. The van der Waals surface area contributed by atoms with Gasteiger partial charge in [-0.1, -0.05) is 0 Å². The minimum absolute atomic E-state index is 0.640. The Hall–Kier alpha value is -1.03. The molecule has 0 spiro atoms. The maximum absolute atomic E-state index is 4.20. The van der Waals surface area contributed by atoms with E-state index >= 15 is 0 Å². The Morgan fingerprint density at radius 3 is 2.75 bits per heavy atom. The zero-order chi connectivity index (χ0) is 12.0. The topological polar surface area (TPSA) is 44.0 Å². The van der Waals surface area contributed by atoms with Gasteiger partial charge in [-0.15, -0.1) is 0 Å². The fourth-order valence-corrected chi connectivity index (χ4v) is 1.45. The maximum Gasteiger partial charge on any atom is 0.200 e. The second kappa shape index (κ2) is 6.53. The molecule has 1 rings (SSSR count). The molecule has 4 heteroatoms.